The highest BCUT2D eigenvalue weighted by molar-refractivity contribution is 5.85. The Bertz CT molecular complexity index is 734. The van der Waals surface area contributed by atoms with E-state index in [2.05, 4.69) is 0 Å². The summed E-state index contributed by atoms with van der Waals surface area (Å²) >= 11 is 0. The molecule has 0 saturated carbocycles. The summed E-state index contributed by atoms with van der Waals surface area (Å²) < 4.78 is 79.1. The monoisotopic (exact) mass is 352 g/mol. The van der Waals surface area contributed by atoms with Crippen LogP contribution in [-0.4, -0.2) is 10.7 Å². The topological polar surface area (TPSA) is 30.9 Å². The number of aromatic nitrogens is 1. The molecule has 0 aliphatic rings. The third-order valence-corrected chi connectivity index (χ3v) is 3.57. The van der Waals surface area contributed by atoms with Crippen LogP contribution in [0.15, 0.2) is 24.4 Å². The third kappa shape index (κ3) is 3.85. The number of fused-ring (bicyclic) bond motifs is 1. The number of benzene rings is 1. The second kappa shape index (κ2) is 5.68. The van der Waals surface area contributed by atoms with Gasteiger partial charge >= 0.3 is 12.4 Å². The van der Waals surface area contributed by atoms with Crippen molar-refractivity contribution in [1.82, 2.24) is 4.57 Å². The van der Waals surface area contributed by atoms with E-state index in [0.717, 1.165) is 18.2 Å². The minimum Gasteiger partial charge on any atom is -0.347 e. The van der Waals surface area contributed by atoms with Gasteiger partial charge in [0, 0.05) is 29.2 Å². The molecule has 0 bridgehead atoms. The molecule has 2 N–H and O–H groups in total. The largest absolute Gasteiger partial charge is 0.416 e. The van der Waals surface area contributed by atoms with E-state index in [1.165, 1.54) is 10.8 Å². The van der Waals surface area contributed by atoms with Gasteiger partial charge in [-0.25, -0.2) is 0 Å². The molecule has 1 atom stereocenters. The second-order valence-electron chi connectivity index (χ2n) is 7.02. The molecule has 1 heterocycles. The maximum absolute atomic E-state index is 13.0. The fraction of sp³-hybridized carbons (Fsp3) is 0.500. The molecule has 0 fully saturated rings. The van der Waals surface area contributed by atoms with Crippen LogP contribution in [0.1, 0.15) is 37.9 Å². The van der Waals surface area contributed by atoms with Gasteiger partial charge in [-0.3, -0.25) is 0 Å². The first-order valence-electron chi connectivity index (χ1n) is 7.22. The highest BCUT2D eigenvalue weighted by Gasteiger charge is 2.40. The first-order valence-corrected chi connectivity index (χ1v) is 7.22. The van der Waals surface area contributed by atoms with Gasteiger partial charge in [0.1, 0.15) is 6.04 Å². The summed E-state index contributed by atoms with van der Waals surface area (Å²) in [5, 5.41) is 0.0806. The van der Waals surface area contributed by atoms with E-state index in [0.29, 0.717) is 0 Å². The number of nitrogens with zero attached hydrogens (tertiary/aromatic N) is 1. The van der Waals surface area contributed by atoms with Crippen molar-refractivity contribution >= 4 is 10.9 Å². The minimum atomic E-state index is -4.68. The summed E-state index contributed by atoms with van der Waals surface area (Å²) in [6, 6.07) is 0.445. The highest BCUT2D eigenvalue weighted by atomic mass is 19.4. The average Bonchev–Trinajstić information content (AvgIpc) is 2.72. The van der Waals surface area contributed by atoms with Crippen LogP contribution in [0.5, 0.6) is 0 Å². The smallest absolute Gasteiger partial charge is 0.347 e. The molecule has 0 amide bonds. The van der Waals surface area contributed by atoms with Crippen LogP contribution in [0.4, 0.5) is 26.3 Å². The quantitative estimate of drug-likeness (QED) is 0.734. The van der Waals surface area contributed by atoms with E-state index >= 15 is 0 Å². The molecular weight excluding hydrogens is 334 g/mol. The maximum Gasteiger partial charge on any atom is 0.416 e. The van der Waals surface area contributed by atoms with E-state index in [1.54, 1.807) is 0 Å². The van der Waals surface area contributed by atoms with Gasteiger partial charge in [0.2, 0.25) is 0 Å². The molecule has 0 saturated heterocycles. The fourth-order valence-electron chi connectivity index (χ4n) is 2.56. The molecular formula is C16H18F6N2. The van der Waals surface area contributed by atoms with Gasteiger partial charge in [-0.2, -0.15) is 26.3 Å². The summed E-state index contributed by atoms with van der Waals surface area (Å²) in [5.74, 6) is 0. The summed E-state index contributed by atoms with van der Waals surface area (Å²) in [7, 11) is 0. The van der Waals surface area contributed by atoms with Crippen LogP contribution in [0.3, 0.4) is 0 Å². The van der Waals surface area contributed by atoms with Gasteiger partial charge in [-0.15, -0.1) is 0 Å². The first kappa shape index (κ1) is 18.6. The molecule has 8 heteroatoms. The van der Waals surface area contributed by atoms with Crippen molar-refractivity contribution in [3.63, 3.8) is 0 Å². The Balaban J connectivity index is 2.69. The first-order chi connectivity index (χ1) is 10.7. The molecule has 0 unspecified atom stereocenters. The Labute approximate surface area is 135 Å². The summed E-state index contributed by atoms with van der Waals surface area (Å²) in [6.07, 6.45) is -8.05. The predicted octanol–water partition coefficient (Wildman–Crippen LogP) is 5.27. The van der Waals surface area contributed by atoms with Gasteiger partial charge in [0.25, 0.3) is 0 Å². The predicted molar refractivity (Wildman–Crippen MR) is 79.4 cm³/mol. The molecule has 1 aromatic heterocycles. The molecule has 0 aliphatic carbocycles. The highest BCUT2D eigenvalue weighted by Crippen LogP contribution is 2.38. The normalized spacial score (nSPS) is 15.1. The molecule has 0 aliphatic heterocycles. The van der Waals surface area contributed by atoms with Crippen LogP contribution < -0.4 is 5.73 Å². The lowest BCUT2D eigenvalue weighted by atomic mass is 9.97. The van der Waals surface area contributed by atoms with Gasteiger partial charge in [0.15, 0.2) is 0 Å². The lowest BCUT2D eigenvalue weighted by Gasteiger charge is -2.20. The average molecular weight is 352 g/mol. The van der Waals surface area contributed by atoms with E-state index in [1.807, 2.05) is 20.8 Å². The van der Waals surface area contributed by atoms with Gasteiger partial charge in [-0.1, -0.05) is 26.8 Å². The number of rotatable bonds is 2. The van der Waals surface area contributed by atoms with E-state index in [-0.39, 0.29) is 28.4 Å². The zero-order chi connectivity index (χ0) is 18.5. The van der Waals surface area contributed by atoms with Crippen molar-refractivity contribution in [2.24, 2.45) is 11.1 Å². The summed E-state index contributed by atoms with van der Waals surface area (Å²) in [6.45, 7) is 5.79. The molecule has 1 aromatic carbocycles. The van der Waals surface area contributed by atoms with Crippen LogP contribution >= 0.6 is 0 Å². The second-order valence-corrected chi connectivity index (χ2v) is 7.02. The van der Waals surface area contributed by atoms with E-state index in [9.17, 15) is 26.3 Å². The van der Waals surface area contributed by atoms with Gasteiger partial charge < -0.3 is 10.3 Å². The number of hydrogen-bond acceptors (Lipinski definition) is 1. The Hall–Kier alpha value is -1.70. The Morgan fingerprint density at radius 3 is 2.08 bits per heavy atom. The molecule has 2 rings (SSSR count). The molecule has 24 heavy (non-hydrogen) atoms. The fourth-order valence-corrected chi connectivity index (χ4v) is 2.56. The van der Waals surface area contributed by atoms with Gasteiger partial charge in [0.05, 0.1) is 5.56 Å². The Morgan fingerprint density at radius 2 is 1.62 bits per heavy atom. The zero-order valence-corrected chi connectivity index (χ0v) is 13.4. The molecule has 2 nitrogen and oxygen atoms in total. The molecule has 2 aromatic rings. The number of hydrogen-bond donors (Lipinski definition) is 1. The van der Waals surface area contributed by atoms with Crippen LogP contribution in [0.2, 0.25) is 0 Å². The lowest BCUT2D eigenvalue weighted by Crippen LogP contribution is -2.28. The van der Waals surface area contributed by atoms with Crippen molar-refractivity contribution in [1.29, 1.82) is 0 Å². The zero-order valence-electron chi connectivity index (χ0n) is 13.4. The number of nitrogens with two attached hydrogens (primary N) is 1. The standard InChI is InChI=1S/C16H18F6N2/c1-14(2,3)8-24-7-11(13(23)16(20,21)22)10-5-4-9(6-12(10)24)15(17,18)19/h4-7,13H,8,23H2,1-3H3/t13-/m0/s1. The van der Waals surface area contributed by atoms with Gasteiger partial charge in [-0.05, 0) is 17.5 Å². The SMILES string of the molecule is CC(C)(C)Cn1cc([C@H](N)C(F)(F)F)c2ccc(C(F)(F)F)cc21. The third-order valence-electron chi connectivity index (χ3n) is 3.57. The van der Waals surface area contributed by atoms with E-state index in [4.69, 9.17) is 5.73 Å². The summed E-state index contributed by atoms with van der Waals surface area (Å²) in [5.41, 5.74) is 3.90. The maximum atomic E-state index is 13.0. The lowest BCUT2D eigenvalue weighted by molar-refractivity contribution is -0.149. The van der Waals surface area contributed by atoms with E-state index < -0.39 is 24.0 Å². The van der Waals surface area contributed by atoms with Crippen LogP contribution in [-0.2, 0) is 12.7 Å². The Morgan fingerprint density at radius 1 is 1.04 bits per heavy atom. The van der Waals surface area contributed by atoms with Crippen molar-refractivity contribution in [2.75, 3.05) is 0 Å². The summed E-state index contributed by atoms with van der Waals surface area (Å²) in [4.78, 5) is 0. The molecule has 0 radical (unpaired) electrons. The van der Waals surface area contributed by atoms with Crippen LogP contribution in [0.25, 0.3) is 10.9 Å². The number of alkyl halides is 6. The van der Waals surface area contributed by atoms with Crippen molar-refractivity contribution in [2.45, 2.75) is 45.7 Å². The molecule has 134 valence electrons. The number of halogens is 6. The van der Waals surface area contributed by atoms with Crippen molar-refractivity contribution in [3.05, 3.63) is 35.5 Å². The van der Waals surface area contributed by atoms with Crippen molar-refractivity contribution in [3.8, 4) is 0 Å². The molecule has 0 spiro atoms. The Kier molecular flexibility index (Phi) is 4.41. The minimum absolute atomic E-state index is 0.0806. The van der Waals surface area contributed by atoms with Crippen molar-refractivity contribution < 1.29 is 26.3 Å². The van der Waals surface area contributed by atoms with Crippen LogP contribution in [0, 0.1) is 5.41 Å².